The summed E-state index contributed by atoms with van der Waals surface area (Å²) in [5, 5.41) is 12.3. The Balaban J connectivity index is 1.67. The third kappa shape index (κ3) is 3.22. The van der Waals surface area contributed by atoms with Gasteiger partial charge in [0.1, 0.15) is 29.5 Å². The van der Waals surface area contributed by atoms with Crippen molar-refractivity contribution < 1.29 is 4.39 Å². The number of aryl methyl sites for hydroxylation is 3. The molecule has 0 amide bonds. The standard InChI is InChI=1S/C19H19FN8/c1-11-7-12(2)28(25-11)17-8-16(22-10-23-17)24-19-13(3)18(26-27(19)4)15-6-5-14(20)9-21-15/h5-10H,1-4H3,(H,22,23,24). The number of aromatic nitrogens is 7. The Morgan fingerprint density at radius 1 is 1.00 bits per heavy atom. The zero-order valence-corrected chi connectivity index (χ0v) is 16.0. The number of pyridine rings is 1. The van der Waals surface area contributed by atoms with Gasteiger partial charge in [-0.25, -0.2) is 19.0 Å². The summed E-state index contributed by atoms with van der Waals surface area (Å²) < 4.78 is 16.6. The van der Waals surface area contributed by atoms with Crippen LogP contribution in [0.5, 0.6) is 0 Å². The van der Waals surface area contributed by atoms with Gasteiger partial charge in [0.2, 0.25) is 0 Å². The molecule has 0 fully saturated rings. The number of hydrogen-bond acceptors (Lipinski definition) is 6. The third-order valence-electron chi connectivity index (χ3n) is 4.38. The minimum Gasteiger partial charge on any atom is -0.325 e. The summed E-state index contributed by atoms with van der Waals surface area (Å²) in [5.41, 5.74) is 4.08. The van der Waals surface area contributed by atoms with Crippen molar-refractivity contribution >= 4 is 11.6 Å². The smallest absolute Gasteiger partial charge is 0.159 e. The molecule has 0 aliphatic heterocycles. The minimum absolute atomic E-state index is 0.381. The van der Waals surface area contributed by atoms with Gasteiger partial charge in [-0.2, -0.15) is 10.2 Å². The number of anilines is 2. The van der Waals surface area contributed by atoms with Crippen molar-refractivity contribution in [3.8, 4) is 17.2 Å². The molecule has 0 atom stereocenters. The molecular weight excluding hydrogens is 359 g/mol. The maximum atomic E-state index is 13.2. The molecule has 4 heterocycles. The van der Waals surface area contributed by atoms with E-state index in [1.54, 1.807) is 15.4 Å². The molecule has 9 heteroatoms. The van der Waals surface area contributed by atoms with Gasteiger partial charge in [-0.05, 0) is 39.0 Å². The molecule has 0 aliphatic rings. The highest BCUT2D eigenvalue weighted by Crippen LogP contribution is 2.28. The van der Waals surface area contributed by atoms with Gasteiger partial charge in [-0.3, -0.25) is 9.67 Å². The molecule has 0 aliphatic carbocycles. The molecule has 0 aromatic carbocycles. The topological polar surface area (TPSA) is 86.3 Å². The number of nitrogens with zero attached hydrogens (tertiary/aromatic N) is 7. The van der Waals surface area contributed by atoms with E-state index in [9.17, 15) is 4.39 Å². The molecule has 0 spiro atoms. The molecule has 1 N–H and O–H groups in total. The third-order valence-corrected chi connectivity index (χ3v) is 4.38. The van der Waals surface area contributed by atoms with E-state index in [1.807, 2.05) is 40.0 Å². The Kier molecular flexibility index (Phi) is 4.34. The largest absolute Gasteiger partial charge is 0.325 e. The molecule has 0 saturated carbocycles. The van der Waals surface area contributed by atoms with Crippen molar-refractivity contribution in [1.82, 2.24) is 34.5 Å². The van der Waals surface area contributed by atoms with Crippen LogP contribution < -0.4 is 5.32 Å². The minimum atomic E-state index is -0.381. The highest BCUT2D eigenvalue weighted by molar-refractivity contribution is 5.69. The summed E-state index contributed by atoms with van der Waals surface area (Å²) >= 11 is 0. The van der Waals surface area contributed by atoms with Crippen LogP contribution in [0.4, 0.5) is 16.0 Å². The van der Waals surface area contributed by atoms with E-state index in [1.165, 1.54) is 18.6 Å². The summed E-state index contributed by atoms with van der Waals surface area (Å²) in [6.07, 6.45) is 2.67. The first kappa shape index (κ1) is 17.8. The van der Waals surface area contributed by atoms with E-state index in [4.69, 9.17) is 0 Å². The molecule has 4 aromatic heterocycles. The molecule has 0 bridgehead atoms. The molecule has 142 valence electrons. The van der Waals surface area contributed by atoms with Crippen LogP contribution in [-0.4, -0.2) is 34.5 Å². The normalized spacial score (nSPS) is 11.0. The molecular formula is C19H19FN8. The lowest BCUT2D eigenvalue weighted by atomic mass is 10.2. The van der Waals surface area contributed by atoms with E-state index in [-0.39, 0.29) is 5.82 Å². The molecule has 0 radical (unpaired) electrons. The Morgan fingerprint density at radius 2 is 1.82 bits per heavy atom. The first-order valence-corrected chi connectivity index (χ1v) is 8.70. The van der Waals surface area contributed by atoms with Crippen molar-refractivity contribution in [2.75, 3.05) is 5.32 Å². The van der Waals surface area contributed by atoms with E-state index in [0.29, 0.717) is 23.0 Å². The van der Waals surface area contributed by atoms with Crippen LogP contribution in [0.25, 0.3) is 17.2 Å². The number of hydrogen-bond donors (Lipinski definition) is 1. The maximum absolute atomic E-state index is 13.2. The predicted octanol–water partition coefficient (Wildman–Crippen LogP) is 3.27. The summed E-state index contributed by atoms with van der Waals surface area (Å²) in [4.78, 5) is 12.7. The van der Waals surface area contributed by atoms with Gasteiger partial charge < -0.3 is 5.32 Å². The first-order chi connectivity index (χ1) is 13.4. The molecule has 8 nitrogen and oxygen atoms in total. The van der Waals surface area contributed by atoms with Crippen molar-refractivity contribution in [3.05, 3.63) is 59.6 Å². The second-order valence-corrected chi connectivity index (χ2v) is 6.53. The van der Waals surface area contributed by atoms with E-state index >= 15 is 0 Å². The van der Waals surface area contributed by atoms with Crippen LogP contribution in [0.1, 0.15) is 17.0 Å². The maximum Gasteiger partial charge on any atom is 0.159 e. The Labute approximate surface area is 161 Å². The van der Waals surface area contributed by atoms with Gasteiger partial charge in [-0.15, -0.1) is 0 Å². The highest BCUT2D eigenvalue weighted by Gasteiger charge is 2.16. The van der Waals surface area contributed by atoms with Gasteiger partial charge in [0.15, 0.2) is 5.82 Å². The van der Waals surface area contributed by atoms with Crippen molar-refractivity contribution in [1.29, 1.82) is 0 Å². The van der Waals surface area contributed by atoms with Crippen LogP contribution >= 0.6 is 0 Å². The van der Waals surface area contributed by atoms with Crippen LogP contribution in [0.3, 0.4) is 0 Å². The quantitative estimate of drug-likeness (QED) is 0.587. The summed E-state index contributed by atoms with van der Waals surface area (Å²) in [7, 11) is 1.82. The average Bonchev–Trinajstić information content (AvgIpc) is 3.15. The molecule has 4 aromatic rings. The SMILES string of the molecule is Cc1cc(C)n(-c2cc(Nc3c(C)c(-c4ccc(F)cn4)nn3C)ncn2)n1. The van der Waals surface area contributed by atoms with Crippen molar-refractivity contribution in [3.63, 3.8) is 0 Å². The number of halogens is 1. The van der Waals surface area contributed by atoms with E-state index < -0.39 is 0 Å². The van der Waals surface area contributed by atoms with E-state index in [2.05, 4.69) is 30.5 Å². The molecule has 0 saturated heterocycles. The Morgan fingerprint density at radius 3 is 2.50 bits per heavy atom. The van der Waals surface area contributed by atoms with Gasteiger partial charge in [0.25, 0.3) is 0 Å². The first-order valence-electron chi connectivity index (χ1n) is 8.70. The molecule has 0 unspecified atom stereocenters. The van der Waals surface area contributed by atoms with Crippen molar-refractivity contribution in [2.45, 2.75) is 20.8 Å². The Bertz CT molecular complexity index is 1140. The number of nitrogens with one attached hydrogen (secondary N) is 1. The highest BCUT2D eigenvalue weighted by atomic mass is 19.1. The lowest BCUT2D eigenvalue weighted by Crippen LogP contribution is -2.06. The fraction of sp³-hybridized carbons (Fsp3) is 0.211. The average molecular weight is 378 g/mol. The van der Waals surface area contributed by atoms with Gasteiger partial charge in [-0.1, -0.05) is 0 Å². The predicted molar refractivity (Wildman–Crippen MR) is 103 cm³/mol. The van der Waals surface area contributed by atoms with Crippen molar-refractivity contribution in [2.24, 2.45) is 7.05 Å². The van der Waals surface area contributed by atoms with Gasteiger partial charge in [0, 0.05) is 24.4 Å². The summed E-state index contributed by atoms with van der Waals surface area (Å²) in [5.74, 6) is 1.66. The summed E-state index contributed by atoms with van der Waals surface area (Å²) in [6, 6.07) is 6.79. The number of rotatable bonds is 4. The zero-order valence-electron chi connectivity index (χ0n) is 16.0. The summed E-state index contributed by atoms with van der Waals surface area (Å²) in [6.45, 7) is 5.84. The van der Waals surface area contributed by atoms with Gasteiger partial charge in [0.05, 0.1) is 17.6 Å². The van der Waals surface area contributed by atoms with Crippen LogP contribution in [0, 0.1) is 26.6 Å². The fourth-order valence-electron chi connectivity index (χ4n) is 3.08. The zero-order chi connectivity index (χ0) is 19.8. The second kappa shape index (κ2) is 6.84. The fourth-order valence-corrected chi connectivity index (χ4v) is 3.08. The lowest BCUT2D eigenvalue weighted by molar-refractivity contribution is 0.621. The monoisotopic (exact) mass is 378 g/mol. The van der Waals surface area contributed by atoms with Crippen LogP contribution in [-0.2, 0) is 7.05 Å². The van der Waals surface area contributed by atoms with E-state index in [0.717, 1.165) is 22.8 Å². The van der Waals surface area contributed by atoms with Gasteiger partial charge >= 0.3 is 0 Å². The van der Waals surface area contributed by atoms with Crippen LogP contribution in [0.15, 0.2) is 36.8 Å². The second-order valence-electron chi connectivity index (χ2n) is 6.53. The Hall–Kier alpha value is -3.62. The molecule has 28 heavy (non-hydrogen) atoms. The lowest BCUT2D eigenvalue weighted by Gasteiger charge is -2.09. The van der Waals surface area contributed by atoms with Crippen LogP contribution in [0.2, 0.25) is 0 Å². The molecule has 4 rings (SSSR count).